The molecule has 0 saturated carbocycles. The van der Waals surface area contributed by atoms with Crippen molar-refractivity contribution in [2.24, 2.45) is 5.10 Å². The molecule has 2 aliphatic heterocycles. The molecule has 1 fully saturated rings. The van der Waals surface area contributed by atoms with Crippen molar-refractivity contribution < 1.29 is 9.18 Å². The lowest BCUT2D eigenvalue weighted by Crippen LogP contribution is -2.53. The molecule has 2 aromatic rings. The van der Waals surface area contributed by atoms with Crippen molar-refractivity contribution in [1.29, 1.82) is 0 Å². The number of carbonyl (C=O) groups is 1. The van der Waals surface area contributed by atoms with Gasteiger partial charge in [-0.15, -0.1) is 5.10 Å². The minimum atomic E-state index is -0.431. The van der Waals surface area contributed by atoms with E-state index in [9.17, 15) is 14.0 Å². The van der Waals surface area contributed by atoms with E-state index >= 15 is 0 Å². The monoisotopic (exact) mass is 375 g/mol. The molecule has 1 aromatic carbocycles. The van der Waals surface area contributed by atoms with Crippen LogP contribution in [-0.4, -0.2) is 39.7 Å². The molecule has 0 aliphatic carbocycles. The van der Waals surface area contributed by atoms with E-state index in [1.54, 1.807) is 32.6 Å². The number of benzene rings is 1. The van der Waals surface area contributed by atoms with Gasteiger partial charge in [-0.3, -0.25) is 24.6 Å². The van der Waals surface area contributed by atoms with E-state index in [-0.39, 0.29) is 23.6 Å². The van der Waals surface area contributed by atoms with Crippen LogP contribution in [0.25, 0.3) is 6.08 Å². The lowest BCUT2D eigenvalue weighted by atomic mass is 10.2. The van der Waals surface area contributed by atoms with E-state index in [1.165, 1.54) is 23.5 Å². The summed E-state index contributed by atoms with van der Waals surface area (Å²) >= 11 is 1.25. The van der Waals surface area contributed by atoms with Crippen molar-refractivity contribution >= 4 is 23.4 Å². The highest BCUT2D eigenvalue weighted by atomic mass is 32.1. The fourth-order valence-corrected chi connectivity index (χ4v) is 4.39. The molecule has 2 atom stereocenters. The number of hydrogen-bond acceptors (Lipinski definition) is 5. The predicted octanol–water partition coefficient (Wildman–Crippen LogP) is 0.618. The summed E-state index contributed by atoms with van der Waals surface area (Å²) in [7, 11) is 0. The summed E-state index contributed by atoms with van der Waals surface area (Å²) in [5.74, 6) is -0.325. The number of fused-ring (bicyclic) bond motifs is 3. The Labute approximate surface area is 152 Å². The van der Waals surface area contributed by atoms with Crippen LogP contribution in [0.1, 0.15) is 25.6 Å². The highest BCUT2D eigenvalue weighted by molar-refractivity contribution is 7.07. The van der Waals surface area contributed by atoms with Crippen LogP contribution in [-0.2, 0) is 0 Å². The van der Waals surface area contributed by atoms with Gasteiger partial charge in [-0.25, -0.2) is 9.18 Å². The molecule has 1 aromatic heterocycles. The van der Waals surface area contributed by atoms with Crippen molar-refractivity contribution in [3.8, 4) is 0 Å². The molecule has 0 spiro atoms. The van der Waals surface area contributed by atoms with Crippen LogP contribution in [0.5, 0.6) is 0 Å². The van der Waals surface area contributed by atoms with E-state index in [0.29, 0.717) is 22.4 Å². The molecular formula is C17H18FN5O2S. The maximum Gasteiger partial charge on any atom is 0.323 e. The van der Waals surface area contributed by atoms with Gasteiger partial charge in [-0.05, 0) is 37.6 Å². The van der Waals surface area contributed by atoms with Crippen LogP contribution < -0.4 is 20.3 Å². The van der Waals surface area contributed by atoms with Crippen molar-refractivity contribution in [3.05, 3.63) is 55.3 Å². The molecule has 1 N–H and O–H groups in total. The molecule has 3 heterocycles. The first-order valence-corrected chi connectivity index (χ1v) is 9.26. The predicted molar refractivity (Wildman–Crippen MR) is 95.4 cm³/mol. The summed E-state index contributed by atoms with van der Waals surface area (Å²) < 4.78 is 15.2. The van der Waals surface area contributed by atoms with Gasteiger partial charge in [-0.2, -0.15) is 0 Å². The Hall–Kier alpha value is -2.68. The average molecular weight is 375 g/mol. The topological polar surface area (TPSA) is 69.9 Å². The smallest absolute Gasteiger partial charge is 0.300 e. The van der Waals surface area contributed by atoms with E-state index in [2.05, 4.69) is 10.5 Å². The molecule has 2 unspecified atom stereocenters. The number of urea groups is 1. The van der Waals surface area contributed by atoms with E-state index in [4.69, 9.17) is 0 Å². The highest BCUT2D eigenvalue weighted by Gasteiger charge is 2.48. The molecule has 2 amide bonds. The van der Waals surface area contributed by atoms with Crippen molar-refractivity contribution in [2.45, 2.75) is 26.2 Å². The minimum absolute atomic E-state index is 0.109. The maximum absolute atomic E-state index is 13.1. The third-order valence-corrected chi connectivity index (χ3v) is 5.65. The Morgan fingerprint density at radius 3 is 2.54 bits per heavy atom. The van der Waals surface area contributed by atoms with Gasteiger partial charge in [0.1, 0.15) is 5.82 Å². The molecule has 1 saturated heterocycles. The molecule has 0 bridgehead atoms. The molecule has 136 valence electrons. The van der Waals surface area contributed by atoms with Gasteiger partial charge < -0.3 is 0 Å². The maximum atomic E-state index is 13.1. The van der Waals surface area contributed by atoms with Gasteiger partial charge in [0.2, 0.25) is 4.80 Å². The van der Waals surface area contributed by atoms with Crippen molar-refractivity contribution in [3.63, 3.8) is 0 Å². The lowest BCUT2D eigenvalue weighted by molar-refractivity contribution is 0.151. The summed E-state index contributed by atoms with van der Waals surface area (Å²) in [5.41, 5.74) is 3.56. The zero-order valence-electron chi connectivity index (χ0n) is 14.3. The second-order valence-electron chi connectivity index (χ2n) is 6.07. The molecule has 7 nitrogen and oxygen atoms in total. The Morgan fingerprint density at radius 2 is 1.88 bits per heavy atom. The normalized spacial score (nSPS) is 22.1. The summed E-state index contributed by atoms with van der Waals surface area (Å²) in [6.07, 6.45) is 0.914. The van der Waals surface area contributed by atoms with Gasteiger partial charge >= 0.3 is 6.03 Å². The van der Waals surface area contributed by atoms with Crippen molar-refractivity contribution in [2.75, 3.05) is 13.1 Å². The minimum Gasteiger partial charge on any atom is -0.300 e. The van der Waals surface area contributed by atoms with Crippen LogP contribution >= 0.6 is 11.3 Å². The second kappa shape index (κ2) is 6.24. The van der Waals surface area contributed by atoms with Gasteiger partial charge in [0.15, 0.2) is 12.3 Å². The number of thiazole rings is 1. The number of carbonyl (C=O) groups excluding carboxylic acids is 1. The first kappa shape index (κ1) is 16.8. The number of aromatic nitrogens is 1. The van der Waals surface area contributed by atoms with Gasteiger partial charge in [0.05, 0.1) is 4.53 Å². The Balaban J connectivity index is 1.85. The third-order valence-electron chi connectivity index (χ3n) is 4.67. The largest absolute Gasteiger partial charge is 0.323 e. The molecule has 26 heavy (non-hydrogen) atoms. The Morgan fingerprint density at radius 1 is 1.19 bits per heavy atom. The third kappa shape index (κ3) is 2.42. The fourth-order valence-electron chi connectivity index (χ4n) is 3.43. The fraction of sp³-hybridized carbons (Fsp3) is 0.353. The first-order valence-electron chi connectivity index (χ1n) is 8.44. The Kier molecular flexibility index (Phi) is 4.03. The van der Waals surface area contributed by atoms with Crippen LogP contribution in [0.15, 0.2) is 34.2 Å². The molecule has 0 radical (unpaired) electrons. The summed E-state index contributed by atoms with van der Waals surface area (Å²) in [5, 5.41) is 4.31. The van der Waals surface area contributed by atoms with Crippen LogP contribution in [0.2, 0.25) is 0 Å². The number of rotatable bonds is 3. The zero-order valence-corrected chi connectivity index (χ0v) is 15.2. The molecule has 9 heteroatoms. The molecule has 2 aliphatic rings. The first-order chi connectivity index (χ1) is 12.5. The summed E-state index contributed by atoms with van der Waals surface area (Å²) in [6.45, 7) is 4.82. The van der Waals surface area contributed by atoms with Crippen molar-refractivity contribution in [1.82, 2.24) is 19.8 Å². The van der Waals surface area contributed by atoms with E-state index in [1.807, 2.05) is 13.8 Å². The van der Waals surface area contributed by atoms with Gasteiger partial charge in [0, 0.05) is 13.1 Å². The van der Waals surface area contributed by atoms with Crippen LogP contribution in [0, 0.1) is 5.82 Å². The number of likely N-dealkylation sites (N-methyl/N-ethyl adjacent to an activating group) is 2. The molecular weight excluding hydrogens is 357 g/mol. The number of nitrogens with zero attached hydrogens (tertiary/aromatic N) is 4. The summed E-state index contributed by atoms with van der Waals surface area (Å²) in [6, 6.07) is 5.83. The number of amides is 2. The number of hydrogen-bond donors (Lipinski definition) is 1. The molecule has 4 rings (SSSR count). The average Bonchev–Trinajstić information content (AvgIpc) is 3.10. The van der Waals surface area contributed by atoms with E-state index < -0.39 is 6.17 Å². The highest BCUT2D eigenvalue weighted by Crippen LogP contribution is 2.28. The Bertz CT molecular complexity index is 1030. The SMILES string of the molecule is CCN1C(=O)N(CC)C2C1NN=c1s/c(=C\c3ccc(F)cc3)c(=O)n12. The van der Waals surface area contributed by atoms with Crippen LogP contribution in [0.4, 0.5) is 9.18 Å². The number of halogens is 1. The van der Waals surface area contributed by atoms with Gasteiger partial charge in [-0.1, -0.05) is 23.5 Å². The zero-order chi connectivity index (χ0) is 18.4. The van der Waals surface area contributed by atoms with Crippen LogP contribution in [0.3, 0.4) is 0 Å². The lowest BCUT2D eigenvalue weighted by Gasteiger charge is -2.29. The number of nitrogens with one attached hydrogen (secondary N) is 1. The second-order valence-corrected chi connectivity index (χ2v) is 7.08. The quantitative estimate of drug-likeness (QED) is 0.855. The van der Waals surface area contributed by atoms with Gasteiger partial charge in [0.25, 0.3) is 5.56 Å². The standard InChI is InChI=1S/C17H18FN5O2S/c1-3-21-13-14(22(4-2)17(21)25)23-15(24)12(26-16(23)20-19-13)9-10-5-7-11(18)8-6-10/h5-9,13-14,19H,3-4H2,1-2H3/b12-9-. The summed E-state index contributed by atoms with van der Waals surface area (Å²) in [4.78, 5) is 29.5. The van der Waals surface area contributed by atoms with E-state index in [0.717, 1.165) is 5.56 Å².